The Hall–Kier alpha value is -6.18. The second kappa shape index (κ2) is 11.3. The van der Waals surface area contributed by atoms with Crippen molar-refractivity contribution in [1.82, 2.24) is 0 Å². The van der Waals surface area contributed by atoms with Gasteiger partial charge in [0.15, 0.2) is 0 Å². The zero-order valence-corrected chi connectivity index (χ0v) is 24.7. The molecule has 0 saturated carbocycles. The minimum absolute atomic E-state index is 0.0111. The molecule has 0 aliphatic heterocycles. The number of rotatable bonds is 5. The predicted molar refractivity (Wildman–Crippen MR) is 198 cm³/mol. The van der Waals surface area contributed by atoms with Crippen molar-refractivity contribution in [2.75, 3.05) is 0 Å². The maximum absolute atomic E-state index is 9.48. The summed E-state index contributed by atoms with van der Waals surface area (Å²) in [6, 6.07) is 24.4. The first-order valence-corrected chi connectivity index (χ1v) is 15.0. The van der Waals surface area contributed by atoms with Crippen molar-refractivity contribution in [1.29, 1.82) is 0 Å². The van der Waals surface area contributed by atoms with Gasteiger partial charge in [-0.3, -0.25) is 0 Å². The highest BCUT2D eigenvalue weighted by atomic mass is 16.3. The van der Waals surface area contributed by atoms with Gasteiger partial charge in [-0.1, -0.05) is 170 Å². The van der Waals surface area contributed by atoms with Crippen LogP contribution in [0, 0.1) is 0 Å². The van der Waals surface area contributed by atoms with E-state index in [0.717, 1.165) is 11.1 Å². The lowest BCUT2D eigenvalue weighted by Crippen LogP contribution is -1.91. The number of fused-ring (bicyclic) bond motifs is 3. The predicted octanol–water partition coefficient (Wildman–Crippen LogP) is 13.1. The monoisotopic (exact) mass is 611 g/mol. The van der Waals surface area contributed by atoms with E-state index >= 15 is 0 Å². The Balaban J connectivity index is 1.50. The second-order valence-electron chi connectivity index (χ2n) is 11.1. The van der Waals surface area contributed by atoms with Crippen LogP contribution in [0.2, 0.25) is 0 Å². The first kappa shape index (κ1) is 16.9. The SMILES string of the molecule is [2H]c1c([2H])c([2H])c(-c2ccc3c(-c4c5c([2H])c([2H])c([2H])c([2H])c5c(-c5ccccc5)c5c([2H])c([2H])c([2H])c([2H])c45)c(-c4ccc(-c5ccccc5)cc4)oc3c2)c([2H])c1[2H]. The van der Waals surface area contributed by atoms with Crippen LogP contribution in [-0.4, -0.2) is 0 Å². The summed E-state index contributed by atoms with van der Waals surface area (Å²) in [6.45, 7) is 0. The molecule has 9 aromatic rings. The average Bonchev–Trinajstić information content (AvgIpc) is 3.65. The van der Waals surface area contributed by atoms with Gasteiger partial charge in [0.1, 0.15) is 11.3 Å². The molecular formula is C46H30O. The van der Waals surface area contributed by atoms with Crippen LogP contribution in [0.3, 0.4) is 0 Å². The van der Waals surface area contributed by atoms with Crippen LogP contribution in [0.15, 0.2) is 186 Å². The van der Waals surface area contributed by atoms with Gasteiger partial charge in [0.2, 0.25) is 0 Å². The molecule has 0 saturated heterocycles. The molecule has 0 unspecified atom stereocenters. The maximum atomic E-state index is 9.48. The fourth-order valence-electron chi connectivity index (χ4n) is 6.31. The third kappa shape index (κ3) is 4.64. The smallest absolute Gasteiger partial charge is 0.143 e. The third-order valence-electron chi connectivity index (χ3n) is 8.42. The number of benzene rings is 8. The van der Waals surface area contributed by atoms with E-state index < -0.39 is 78.6 Å². The Morgan fingerprint density at radius 2 is 0.830 bits per heavy atom. The second-order valence-corrected chi connectivity index (χ2v) is 11.1. The first-order valence-electron chi connectivity index (χ1n) is 21.5. The van der Waals surface area contributed by atoms with Gasteiger partial charge in [0, 0.05) is 22.1 Å². The van der Waals surface area contributed by atoms with Crippen molar-refractivity contribution >= 4 is 32.5 Å². The van der Waals surface area contributed by atoms with Gasteiger partial charge in [0.25, 0.3) is 0 Å². The molecule has 1 heteroatoms. The Kier molecular flexibility index (Phi) is 4.08. The van der Waals surface area contributed by atoms with E-state index in [4.69, 9.17) is 16.8 Å². The molecule has 1 heterocycles. The molecule has 0 bridgehead atoms. The van der Waals surface area contributed by atoms with E-state index in [-0.39, 0.29) is 60.7 Å². The molecule has 1 aromatic heterocycles. The third-order valence-corrected chi connectivity index (χ3v) is 8.42. The molecule has 0 fully saturated rings. The fraction of sp³-hybridized carbons (Fsp3) is 0. The molecule has 220 valence electrons. The van der Waals surface area contributed by atoms with E-state index in [0.29, 0.717) is 16.5 Å². The van der Waals surface area contributed by atoms with Gasteiger partial charge >= 0.3 is 0 Å². The van der Waals surface area contributed by atoms with Crippen LogP contribution in [0.1, 0.15) is 17.8 Å². The molecule has 0 aliphatic carbocycles. The molecule has 0 aliphatic rings. The average molecular weight is 612 g/mol. The van der Waals surface area contributed by atoms with Crippen LogP contribution < -0.4 is 0 Å². The molecule has 8 aromatic carbocycles. The topological polar surface area (TPSA) is 13.1 Å². The highest BCUT2D eigenvalue weighted by Gasteiger charge is 2.24. The molecule has 0 radical (unpaired) electrons. The van der Waals surface area contributed by atoms with E-state index in [9.17, 15) is 5.48 Å². The largest absolute Gasteiger partial charge is 0.455 e. The van der Waals surface area contributed by atoms with E-state index in [1.807, 2.05) is 54.6 Å². The quantitative estimate of drug-likeness (QED) is 0.176. The Morgan fingerprint density at radius 1 is 0.340 bits per heavy atom. The number of furan rings is 1. The van der Waals surface area contributed by atoms with Crippen molar-refractivity contribution in [2.24, 2.45) is 0 Å². The molecule has 1 nitrogen and oxygen atoms in total. The van der Waals surface area contributed by atoms with Crippen LogP contribution in [0.25, 0.3) is 88.3 Å². The van der Waals surface area contributed by atoms with Crippen molar-refractivity contribution < 1.29 is 22.2 Å². The van der Waals surface area contributed by atoms with Gasteiger partial charge in [-0.15, -0.1) is 0 Å². The van der Waals surface area contributed by atoms with Crippen molar-refractivity contribution in [3.8, 4) is 55.8 Å². The summed E-state index contributed by atoms with van der Waals surface area (Å²) in [5.41, 5.74) is 3.82. The van der Waals surface area contributed by atoms with Gasteiger partial charge in [-0.2, -0.15) is 0 Å². The summed E-state index contributed by atoms with van der Waals surface area (Å²) in [6.07, 6.45) is 0. The highest BCUT2D eigenvalue weighted by Crippen LogP contribution is 2.50. The zero-order chi connectivity index (χ0) is 42.5. The molecule has 9 rings (SSSR count). The lowest BCUT2D eigenvalue weighted by atomic mass is 9.84. The summed E-state index contributed by atoms with van der Waals surface area (Å²) in [4.78, 5) is 0. The van der Waals surface area contributed by atoms with Crippen LogP contribution in [-0.2, 0) is 0 Å². The standard InChI is InChI=1S/C46H30O/c1-4-14-31(15-5-1)33-24-26-35(27-25-33)46-45(41-29-28-36(30-42(41)47-46)32-16-6-2-7-17-32)44-39-22-12-10-20-37(39)43(34-18-8-3-9-19-34)38-21-11-13-23-40(38)44/h1-30H/i2D,6D,7D,10D,11D,12D,13D,16D,17D,20D,21D,22D,23D. The summed E-state index contributed by atoms with van der Waals surface area (Å²) in [7, 11) is 0. The maximum Gasteiger partial charge on any atom is 0.143 e. The van der Waals surface area contributed by atoms with Crippen LogP contribution in [0.4, 0.5) is 0 Å². The summed E-state index contributed by atoms with van der Waals surface area (Å²) in [5, 5.41) is 0.502. The zero-order valence-electron chi connectivity index (χ0n) is 37.7. The van der Waals surface area contributed by atoms with E-state index in [1.54, 1.807) is 48.5 Å². The minimum Gasteiger partial charge on any atom is -0.455 e. The van der Waals surface area contributed by atoms with Crippen molar-refractivity contribution in [3.05, 3.63) is 182 Å². The van der Waals surface area contributed by atoms with E-state index in [2.05, 4.69) is 0 Å². The Bertz CT molecular complexity index is 3160. The molecule has 0 N–H and O–H groups in total. The molecule has 47 heavy (non-hydrogen) atoms. The number of hydrogen-bond donors (Lipinski definition) is 0. The normalized spacial score (nSPS) is 15.3. The van der Waals surface area contributed by atoms with Gasteiger partial charge in [0.05, 0.1) is 17.8 Å². The Labute approximate surface area is 292 Å². The fourth-order valence-corrected chi connectivity index (χ4v) is 6.31. The van der Waals surface area contributed by atoms with E-state index in [1.165, 1.54) is 0 Å². The summed E-state index contributed by atoms with van der Waals surface area (Å²) in [5.74, 6) is 0.206. The molecular weight excluding hydrogens is 569 g/mol. The molecule has 0 spiro atoms. The summed E-state index contributed by atoms with van der Waals surface area (Å²) < 4.78 is 122. The number of hydrogen-bond acceptors (Lipinski definition) is 1. The molecule has 0 atom stereocenters. The molecule has 0 amide bonds. The first-order chi connectivity index (χ1) is 28.7. The lowest BCUT2D eigenvalue weighted by molar-refractivity contribution is 0.632. The van der Waals surface area contributed by atoms with Gasteiger partial charge < -0.3 is 4.42 Å². The van der Waals surface area contributed by atoms with Gasteiger partial charge in [-0.25, -0.2) is 0 Å². The van der Waals surface area contributed by atoms with Crippen LogP contribution in [0.5, 0.6) is 0 Å². The van der Waals surface area contributed by atoms with Crippen molar-refractivity contribution in [3.63, 3.8) is 0 Å². The Morgan fingerprint density at radius 3 is 1.45 bits per heavy atom. The van der Waals surface area contributed by atoms with Crippen LogP contribution >= 0.6 is 0 Å². The highest BCUT2D eigenvalue weighted by molar-refractivity contribution is 6.25. The summed E-state index contributed by atoms with van der Waals surface area (Å²) >= 11 is 0. The minimum atomic E-state index is -0.544. The van der Waals surface area contributed by atoms with Crippen molar-refractivity contribution in [2.45, 2.75) is 0 Å². The lowest BCUT2D eigenvalue weighted by Gasteiger charge is -2.18. The van der Waals surface area contributed by atoms with Gasteiger partial charge in [-0.05, 0) is 67.1 Å².